The fourth-order valence-electron chi connectivity index (χ4n) is 12.1. The quantitative estimate of drug-likeness (QED) is 0.00737. The Bertz CT molecular complexity index is 5990. The second-order valence-electron chi connectivity index (χ2n) is 37.5. The molecule has 7 N–H and O–H groups in total. The minimum atomic E-state index is -4.50. The molecule has 8 heterocycles. The van der Waals surface area contributed by atoms with Gasteiger partial charge in [-0.2, -0.15) is 20.4 Å². The second kappa shape index (κ2) is 56.0. The van der Waals surface area contributed by atoms with Crippen molar-refractivity contribution < 1.29 is 150 Å². The van der Waals surface area contributed by atoms with E-state index in [0.717, 1.165) is 161 Å². The van der Waals surface area contributed by atoms with E-state index >= 15 is 0 Å². The standard InChI is InChI=1S/4C16H11BrN2O2.2C11H23O6P.C8H19O4P.C3H5IO2.C3H7O6P/c4*17-12-3-1-2-10(6-12)13-8-14(19-18-13)11-4-5-15-16(7-11)21-9-20-15;2*1-9(12)14-8-15-18(13,16-10(2,3)4)17-11(5,6)7;1-7(2,3)11-13(9,10)12-8(4,5)6;1-3(5)6-2-4;1-3(4)8-2-9-10(5,6)7/h4*1-8H,9H2,(H,18,19);2*8H2,1-7H3;1-6H3,(H,9,10);2H2,1H3;2H2,1H3,(H2,5,6,7). The molecular weight excluding hydrogens is 2400 g/mol. The molecule has 0 fully saturated rings. The van der Waals surface area contributed by atoms with Crippen LogP contribution in [0.1, 0.15) is 152 Å². The highest BCUT2D eigenvalue weighted by Gasteiger charge is 2.40. The molecule has 0 spiro atoms. The summed E-state index contributed by atoms with van der Waals surface area (Å²) in [5.41, 5.74) is 11.5. The van der Waals surface area contributed by atoms with Crippen molar-refractivity contribution in [2.24, 2.45) is 0 Å². The van der Waals surface area contributed by atoms with Crippen LogP contribution in [0.3, 0.4) is 0 Å². The lowest BCUT2D eigenvalue weighted by Gasteiger charge is -2.30. The molecule has 49 heteroatoms. The number of alkyl halides is 1. The first-order chi connectivity index (χ1) is 69.4. The van der Waals surface area contributed by atoms with Gasteiger partial charge in [-0.25, -0.2) is 31.8 Å². The van der Waals surface area contributed by atoms with E-state index in [2.05, 4.69) is 128 Å². The number of phosphoric ester groups is 4. The van der Waals surface area contributed by atoms with Gasteiger partial charge in [-0.05, 0) is 293 Å². The smallest absolute Gasteiger partial charge is 0.455 e. The van der Waals surface area contributed by atoms with Crippen LogP contribution in [-0.4, -0.2) is 165 Å². The van der Waals surface area contributed by atoms with E-state index < -0.39 is 103 Å². The van der Waals surface area contributed by atoms with Gasteiger partial charge >= 0.3 is 55.2 Å². The zero-order valence-corrected chi connectivity index (χ0v) is 97.9. The van der Waals surface area contributed by atoms with Gasteiger partial charge in [0.25, 0.3) is 0 Å². The molecular formula is C100H121Br4IN8O32P4. The fourth-order valence-corrected chi connectivity index (χ4v) is 19.1. The van der Waals surface area contributed by atoms with Gasteiger partial charge in [-0.15, -0.1) is 0 Å². The number of ether oxygens (including phenoxy) is 12. The van der Waals surface area contributed by atoms with Crippen molar-refractivity contribution in [3.8, 4) is 136 Å². The summed E-state index contributed by atoms with van der Waals surface area (Å²) in [6, 6.07) is 63.8. The molecule has 40 nitrogen and oxygen atoms in total. The predicted octanol–water partition coefficient (Wildman–Crippen LogP) is 26.7. The van der Waals surface area contributed by atoms with E-state index in [-0.39, 0.29) is 33.1 Å². The number of benzene rings is 8. The molecule has 0 amide bonds. The van der Waals surface area contributed by atoms with Crippen LogP contribution in [-0.2, 0) is 97.1 Å². The maximum atomic E-state index is 12.4. The van der Waals surface area contributed by atoms with Crippen LogP contribution in [0.15, 0.2) is 212 Å². The fraction of sp³-hybridized carbons (Fsp3) is 0.360. The summed E-state index contributed by atoms with van der Waals surface area (Å²) in [4.78, 5) is 66.4. The summed E-state index contributed by atoms with van der Waals surface area (Å²) in [7, 11) is -16.0. The SMILES string of the molecule is Brc1cccc(-c2cc(-c3ccc4c(c3)OCO4)[nH]n2)c1.Brc1cccc(-c2cc(-c3ccc4c(c3)OCO4)[nH]n2)c1.Brc1cccc(-c2cc(-c3ccc4c(c3)OCO4)[nH]n2)c1.Brc1cccc(-c2cc(-c3ccc4c(c3)OCO4)[nH]n2)c1.CC(=O)OCI.CC(=O)OCOP(=O)(O)O.CC(=O)OCOP(=O)(OC(C)(C)C)OC(C)(C)C.CC(=O)OCOP(=O)(OC(C)(C)C)OC(C)(C)C.CC(C)(C)OP(=O)(O)OC(C)(C)C. The number of fused-ring (bicyclic) bond motifs is 4. The Labute approximate surface area is 911 Å². The summed E-state index contributed by atoms with van der Waals surface area (Å²) >= 11 is 15.9. The van der Waals surface area contributed by atoms with E-state index in [1.54, 1.807) is 125 Å². The lowest BCUT2D eigenvalue weighted by molar-refractivity contribution is -0.150. The molecule has 0 unspecified atom stereocenters. The molecule has 149 heavy (non-hydrogen) atoms. The molecule has 0 bridgehead atoms. The average molecular weight is 2520 g/mol. The monoisotopic (exact) mass is 2510 g/mol. The van der Waals surface area contributed by atoms with Gasteiger partial charge in [-0.1, -0.05) is 112 Å². The number of phosphoric acid groups is 4. The summed E-state index contributed by atoms with van der Waals surface area (Å²) in [6.07, 6.45) is 0. The third kappa shape index (κ3) is 46.6. The number of aromatic nitrogens is 8. The number of esters is 4. The van der Waals surface area contributed by atoms with Gasteiger partial charge in [0.15, 0.2) is 46.0 Å². The van der Waals surface area contributed by atoms with Crippen molar-refractivity contribution in [2.45, 2.75) is 186 Å². The van der Waals surface area contributed by atoms with Crippen molar-refractivity contribution in [3.05, 3.63) is 212 Å². The molecule has 8 aromatic carbocycles. The number of nitrogens with one attached hydrogen (secondary N) is 4. The van der Waals surface area contributed by atoms with E-state index in [1.807, 2.05) is 217 Å². The van der Waals surface area contributed by atoms with Crippen LogP contribution in [0.25, 0.3) is 90.1 Å². The molecule has 0 radical (unpaired) electrons. The van der Waals surface area contributed by atoms with Gasteiger partial charge in [0.2, 0.25) is 47.6 Å². The zero-order valence-electron chi connectivity index (χ0n) is 85.8. The Hall–Kier alpha value is -10.0. The lowest BCUT2D eigenvalue weighted by atomic mass is 10.1. The van der Waals surface area contributed by atoms with Crippen LogP contribution < -0.4 is 37.9 Å². The molecule has 16 rings (SSSR count). The Morgan fingerprint density at radius 1 is 0.302 bits per heavy atom. The number of carbonyl (C=O) groups is 4. The number of nitrogens with zero attached hydrogens (tertiary/aromatic N) is 4. The molecule has 808 valence electrons. The first-order valence-corrected chi connectivity index (χ1v) is 55.8. The van der Waals surface area contributed by atoms with Crippen LogP contribution in [0.5, 0.6) is 46.0 Å². The van der Waals surface area contributed by atoms with Gasteiger partial charge in [0.05, 0.1) is 79.2 Å². The molecule has 0 atom stereocenters. The number of hydrogen-bond acceptors (Lipinski definition) is 33. The third-order valence-corrected chi connectivity index (χ3v) is 25.7. The van der Waals surface area contributed by atoms with Gasteiger partial charge in [0.1, 0.15) is 4.61 Å². The molecule has 0 saturated carbocycles. The molecule has 4 aromatic heterocycles. The normalized spacial score (nSPS) is 12.7. The first kappa shape index (κ1) is 124. The van der Waals surface area contributed by atoms with Crippen molar-refractivity contribution in [1.82, 2.24) is 40.8 Å². The molecule has 12 aromatic rings. The number of aromatic amines is 4. The van der Waals surface area contributed by atoms with Crippen molar-refractivity contribution >= 4 is 141 Å². The highest BCUT2D eigenvalue weighted by atomic mass is 127. The highest BCUT2D eigenvalue weighted by molar-refractivity contribution is 14.1. The number of halogens is 5. The third-order valence-electron chi connectivity index (χ3n) is 17.5. The van der Waals surface area contributed by atoms with E-state index in [0.29, 0.717) is 4.61 Å². The maximum absolute atomic E-state index is 12.4. The predicted molar refractivity (Wildman–Crippen MR) is 579 cm³/mol. The summed E-state index contributed by atoms with van der Waals surface area (Å²) in [5, 5.41) is 29.8. The first-order valence-electron chi connectivity index (χ1n) is 45.2. The Morgan fingerprint density at radius 2 is 0.517 bits per heavy atom. The van der Waals surface area contributed by atoms with Crippen molar-refractivity contribution in [1.29, 1.82) is 0 Å². The van der Waals surface area contributed by atoms with Crippen molar-refractivity contribution in [3.63, 3.8) is 0 Å². The van der Waals surface area contributed by atoms with Crippen LogP contribution in [0, 0.1) is 0 Å². The van der Waals surface area contributed by atoms with Crippen LogP contribution in [0.2, 0.25) is 0 Å². The van der Waals surface area contributed by atoms with Crippen molar-refractivity contribution in [2.75, 3.05) is 52.2 Å². The Balaban J connectivity index is 0.000000208. The van der Waals surface area contributed by atoms with Crippen LogP contribution >= 0.6 is 118 Å². The number of rotatable bonds is 24. The molecule has 0 aliphatic carbocycles. The van der Waals surface area contributed by atoms with Gasteiger partial charge in [-0.3, -0.25) is 66.7 Å². The molecule has 0 saturated heterocycles. The van der Waals surface area contributed by atoms with Gasteiger partial charge in [0, 0.05) is 90.1 Å². The van der Waals surface area contributed by atoms with E-state index in [4.69, 9.17) is 83.9 Å². The summed E-state index contributed by atoms with van der Waals surface area (Å²) < 4.78 is 156. The van der Waals surface area contributed by atoms with Gasteiger partial charge < -0.3 is 71.5 Å². The van der Waals surface area contributed by atoms with Crippen LogP contribution in [0.4, 0.5) is 0 Å². The minimum Gasteiger partial charge on any atom is -0.455 e. The number of hydrogen-bond donors (Lipinski definition) is 7. The molecule has 4 aliphatic heterocycles. The summed E-state index contributed by atoms with van der Waals surface area (Å²) in [5.74, 6) is 4.26. The largest absolute Gasteiger partial charge is 0.478 e. The molecule has 4 aliphatic rings. The number of carbonyl (C=O) groups excluding carboxylic acids is 4. The second-order valence-corrected chi connectivity index (χ2v) is 47.3. The Kier molecular flexibility index (Phi) is 46.7. The summed E-state index contributed by atoms with van der Waals surface area (Å²) in [6.45, 7) is 35.3. The van der Waals surface area contributed by atoms with E-state index in [1.165, 1.54) is 20.8 Å². The topological polar surface area (TPSA) is 506 Å². The number of H-pyrrole nitrogens is 4. The maximum Gasteiger partial charge on any atom is 0.478 e. The lowest BCUT2D eigenvalue weighted by Crippen LogP contribution is -2.25. The average Bonchev–Trinajstić information content (AvgIpc) is 1.66. The Morgan fingerprint density at radius 3 is 0.705 bits per heavy atom. The minimum absolute atomic E-state index is 0.218. The zero-order chi connectivity index (χ0) is 110. The highest BCUT2D eigenvalue weighted by Crippen LogP contribution is 2.57. The van der Waals surface area contributed by atoms with E-state index in [9.17, 15) is 42.3 Å².